The molecule has 5 rings (SSSR count). The zero-order valence-electron chi connectivity index (χ0n) is 17.2. The number of anilines is 2. The van der Waals surface area contributed by atoms with Gasteiger partial charge in [-0.2, -0.15) is 0 Å². The van der Waals surface area contributed by atoms with Crippen LogP contribution in [0, 0.1) is 0 Å². The van der Waals surface area contributed by atoms with Crippen LogP contribution in [0.1, 0.15) is 24.0 Å². The molecule has 0 bridgehead atoms. The zero-order valence-corrected chi connectivity index (χ0v) is 18.0. The van der Waals surface area contributed by atoms with Crippen LogP contribution < -0.4 is 15.4 Å². The van der Waals surface area contributed by atoms with E-state index in [1.54, 1.807) is 0 Å². The highest BCUT2D eigenvalue weighted by Crippen LogP contribution is 2.44. The van der Waals surface area contributed by atoms with Crippen LogP contribution in [0.5, 0.6) is 11.5 Å². The van der Waals surface area contributed by atoms with Crippen molar-refractivity contribution in [1.29, 1.82) is 0 Å². The Morgan fingerprint density at radius 2 is 1.50 bits per heavy atom. The van der Waals surface area contributed by atoms with Crippen molar-refractivity contribution < 1.29 is 14.3 Å². The number of benzene rings is 3. The fourth-order valence-electron chi connectivity index (χ4n) is 3.76. The van der Waals surface area contributed by atoms with Gasteiger partial charge in [0.05, 0.1) is 11.6 Å². The maximum Gasteiger partial charge on any atom is 0.238 e. The maximum absolute atomic E-state index is 13.3. The second-order valence-electron chi connectivity index (χ2n) is 7.40. The third-order valence-electron chi connectivity index (χ3n) is 5.18. The van der Waals surface area contributed by atoms with Gasteiger partial charge in [-0.25, -0.2) is 4.98 Å². The van der Waals surface area contributed by atoms with Crippen molar-refractivity contribution in [3.63, 3.8) is 0 Å². The van der Waals surface area contributed by atoms with E-state index in [2.05, 4.69) is 15.6 Å². The van der Waals surface area contributed by atoms with Gasteiger partial charge >= 0.3 is 0 Å². The van der Waals surface area contributed by atoms with Crippen molar-refractivity contribution in [3.8, 4) is 22.8 Å². The minimum Gasteiger partial charge on any atom is -0.457 e. The highest BCUT2D eigenvalue weighted by atomic mass is 32.1. The van der Waals surface area contributed by atoms with Gasteiger partial charge < -0.3 is 15.4 Å². The number of hydrogen-bond donors (Lipinski definition) is 2. The van der Waals surface area contributed by atoms with Gasteiger partial charge in [0.2, 0.25) is 11.8 Å². The first-order chi connectivity index (χ1) is 15.6. The van der Waals surface area contributed by atoms with Gasteiger partial charge in [0.15, 0.2) is 5.13 Å². The van der Waals surface area contributed by atoms with Crippen molar-refractivity contribution in [2.75, 3.05) is 10.6 Å². The molecule has 0 aliphatic carbocycles. The smallest absolute Gasteiger partial charge is 0.238 e. The molecule has 0 radical (unpaired) electrons. The molecule has 0 spiro atoms. The second-order valence-corrected chi connectivity index (χ2v) is 8.25. The summed E-state index contributed by atoms with van der Waals surface area (Å²) in [4.78, 5) is 29.1. The molecule has 1 aliphatic rings. The van der Waals surface area contributed by atoms with E-state index < -0.39 is 5.92 Å². The largest absolute Gasteiger partial charge is 0.457 e. The van der Waals surface area contributed by atoms with Crippen LogP contribution >= 0.6 is 11.3 Å². The van der Waals surface area contributed by atoms with E-state index in [1.165, 1.54) is 18.3 Å². The predicted molar refractivity (Wildman–Crippen MR) is 125 cm³/mol. The van der Waals surface area contributed by atoms with Gasteiger partial charge in [-0.1, -0.05) is 48.5 Å². The molecule has 0 atom stereocenters. The molecule has 1 aromatic heterocycles. The number of fused-ring (bicyclic) bond motifs is 2. The van der Waals surface area contributed by atoms with Crippen LogP contribution in [0.15, 0.2) is 78.2 Å². The van der Waals surface area contributed by atoms with E-state index in [-0.39, 0.29) is 11.8 Å². The van der Waals surface area contributed by atoms with E-state index in [9.17, 15) is 9.59 Å². The molecule has 158 valence electrons. The Bertz CT molecular complexity index is 1270. The number of amides is 2. The van der Waals surface area contributed by atoms with Gasteiger partial charge in [0.25, 0.3) is 0 Å². The lowest BCUT2D eigenvalue weighted by Crippen LogP contribution is -2.25. The first kappa shape index (κ1) is 20.0. The summed E-state index contributed by atoms with van der Waals surface area (Å²) in [5.41, 5.74) is 4.04. The third kappa shape index (κ3) is 3.86. The van der Waals surface area contributed by atoms with E-state index in [0.29, 0.717) is 16.6 Å². The zero-order chi connectivity index (χ0) is 22.1. The van der Waals surface area contributed by atoms with Crippen molar-refractivity contribution >= 4 is 34.0 Å². The maximum atomic E-state index is 13.3. The van der Waals surface area contributed by atoms with Crippen molar-refractivity contribution in [2.24, 2.45) is 0 Å². The summed E-state index contributed by atoms with van der Waals surface area (Å²) in [6.45, 7) is 1.47. The van der Waals surface area contributed by atoms with Crippen LogP contribution in [0.2, 0.25) is 0 Å². The number of ether oxygens (including phenoxy) is 1. The SMILES string of the molecule is CC(=O)Nc1ccc(-c2csc(NC(=O)C3c4ccccc4Oc4ccccc43)n2)cc1. The number of nitrogens with zero attached hydrogens (tertiary/aromatic N) is 1. The molecule has 0 saturated carbocycles. The molecular weight excluding hydrogens is 422 g/mol. The minimum absolute atomic E-state index is 0.118. The Morgan fingerprint density at radius 1 is 0.875 bits per heavy atom. The highest BCUT2D eigenvalue weighted by molar-refractivity contribution is 7.14. The average Bonchev–Trinajstić information content (AvgIpc) is 3.25. The fourth-order valence-corrected chi connectivity index (χ4v) is 4.48. The Kier molecular flexibility index (Phi) is 5.17. The van der Waals surface area contributed by atoms with Gasteiger partial charge in [-0.3, -0.25) is 9.59 Å². The quantitative estimate of drug-likeness (QED) is 0.429. The van der Waals surface area contributed by atoms with Crippen LogP contribution in [0.25, 0.3) is 11.3 Å². The van der Waals surface area contributed by atoms with Crippen molar-refractivity contribution in [1.82, 2.24) is 4.98 Å². The molecule has 2 heterocycles. The highest BCUT2D eigenvalue weighted by Gasteiger charge is 2.32. The lowest BCUT2D eigenvalue weighted by molar-refractivity contribution is -0.117. The number of nitrogens with one attached hydrogen (secondary N) is 2. The molecule has 0 fully saturated rings. The van der Waals surface area contributed by atoms with Crippen LogP contribution in [-0.2, 0) is 9.59 Å². The van der Waals surface area contributed by atoms with Crippen molar-refractivity contribution in [3.05, 3.63) is 89.3 Å². The molecule has 4 aromatic rings. The molecule has 6 nitrogen and oxygen atoms in total. The number of hydrogen-bond acceptors (Lipinski definition) is 5. The second kappa shape index (κ2) is 8.28. The van der Waals surface area contributed by atoms with Gasteiger partial charge in [-0.05, 0) is 24.3 Å². The Morgan fingerprint density at radius 3 is 2.12 bits per heavy atom. The predicted octanol–water partition coefficient (Wildman–Crippen LogP) is 5.64. The topological polar surface area (TPSA) is 80.3 Å². The van der Waals surface area contributed by atoms with Gasteiger partial charge in [-0.15, -0.1) is 11.3 Å². The summed E-state index contributed by atoms with van der Waals surface area (Å²) in [5.74, 6) is 0.610. The molecule has 2 N–H and O–H groups in total. The lowest BCUT2D eigenvalue weighted by atomic mass is 9.87. The molecular formula is C25H19N3O3S. The summed E-state index contributed by atoms with van der Waals surface area (Å²) >= 11 is 1.37. The molecule has 0 saturated heterocycles. The average molecular weight is 442 g/mol. The molecule has 0 unspecified atom stereocenters. The summed E-state index contributed by atoms with van der Waals surface area (Å²) in [5, 5.41) is 8.14. The van der Waals surface area contributed by atoms with Gasteiger partial charge in [0.1, 0.15) is 11.5 Å². The van der Waals surface area contributed by atoms with Gasteiger partial charge in [0, 0.05) is 34.7 Å². The minimum atomic E-state index is -0.486. The van der Waals surface area contributed by atoms with E-state index in [4.69, 9.17) is 4.74 Å². The van der Waals surface area contributed by atoms with Crippen LogP contribution in [-0.4, -0.2) is 16.8 Å². The summed E-state index contributed by atoms with van der Waals surface area (Å²) in [6, 6.07) is 22.6. The Hall–Kier alpha value is -3.97. The fraction of sp³-hybridized carbons (Fsp3) is 0.0800. The van der Waals surface area contributed by atoms with Crippen LogP contribution in [0.3, 0.4) is 0 Å². The molecule has 3 aromatic carbocycles. The first-order valence-electron chi connectivity index (χ1n) is 10.1. The number of carbonyl (C=O) groups excluding carboxylic acids is 2. The molecule has 1 aliphatic heterocycles. The third-order valence-corrected chi connectivity index (χ3v) is 5.94. The molecule has 7 heteroatoms. The van der Waals surface area contributed by atoms with E-state index >= 15 is 0 Å². The summed E-state index contributed by atoms with van der Waals surface area (Å²) < 4.78 is 5.98. The number of aromatic nitrogens is 1. The number of thiazole rings is 1. The standard InChI is InChI=1S/C25H19N3O3S/c1-15(29)26-17-12-10-16(11-13-17)20-14-32-25(27-20)28-24(30)23-18-6-2-4-8-21(18)31-22-9-5-3-7-19(22)23/h2-14,23H,1H3,(H,26,29)(H,27,28,30). The first-order valence-corrected chi connectivity index (χ1v) is 11.0. The Balaban J connectivity index is 1.39. The van der Waals surface area contributed by atoms with E-state index in [0.717, 1.165) is 28.1 Å². The van der Waals surface area contributed by atoms with Crippen molar-refractivity contribution in [2.45, 2.75) is 12.8 Å². The lowest BCUT2D eigenvalue weighted by Gasteiger charge is -2.27. The summed E-state index contributed by atoms with van der Waals surface area (Å²) in [7, 11) is 0. The molecule has 2 amide bonds. The Labute approximate surface area is 188 Å². The molecule has 32 heavy (non-hydrogen) atoms. The number of carbonyl (C=O) groups is 2. The monoisotopic (exact) mass is 441 g/mol. The summed E-state index contributed by atoms with van der Waals surface area (Å²) in [6.07, 6.45) is 0. The van der Waals surface area contributed by atoms with E-state index in [1.807, 2.05) is 78.2 Å². The number of rotatable bonds is 4. The number of para-hydroxylation sites is 2. The van der Waals surface area contributed by atoms with Crippen LogP contribution in [0.4, 0.5) is 10.8 Å². The normalized spacial score (nSPS) is 12.3.